The average Bonchev–Trinajstić information content (AvgIpc) is 2.47. The summed E-state index contributed by atoms with van der Waals surface area (Å²) in [4.78, 5) is 11.4. The predicted octanol–water partition coefficient (Wildman–Crippen LogP) is 1.77. The molecule has 1 atom stereocenters. The van der Waals surface area contributed by atoms with E-state index in [4.69, 9.17) is 0 Å². The highest BCUT2D eigenvalue weighted by molar-refractivity contribution is 7.98. The highest BCUT2D eigenvalue weighted by Gasteiger charge is 2.24. The van der Waals surface area contributed by atoms with Crippen molar-refractivity contribution in [3.63, 3.8) is 0 Å². The standard InChI is InChI=1S/C14H21NO4S2/c1-11(10-20-4)15(2)21(17,18)13-7-5-12(6-8-13)9-14(16)19-3/h5-8,11H,9-10H2,1-4H3. The maximum Gasteiger partial charge on any atom is 0.309 e. The molecule has 0 fully saturated rings. The Morgan fingerprint density at radius 1 is 1.33 bits per heavy atom. The maximum atomic E-state index is 12.5. The molecule has 1 rings (SSSR count). The number of nitrogens with zero attached hydrogens (tertiary/aromatic N) is 1. The van der Waals surface area contributed by atoms with E-state index in [9.17, 15) is 13.2 Å². The zero-order valence-electron chi connectivity index (χ0n) is 12.7. The zero-order chi connectivity index (χ0) is 16.0. The van der Waals surface area contributed by atoms with Gasteiger partial charge < -0.3 is 4.74 Å². The molecule has 0 radical (unpaired) electrons. The Morgan fingerprint density at radius 3 is 2.38 bits per heavy atom. The lowest BCUT2D eigenvalue weighted by molar-refractivity contribution is -0.139. The van der Waals surface area contributed by atoms with Crippen molar-refractivity contribution in [3.8, 4) is 0 Å². The molecule has 1 aromatic carbocycles. The number of thioether (sulfide) groups is 1. The number of carbonyl (C=O) groups excluding carboxylic acids is 1. The molecule has 118 valence electrons. The number of hydrogen-bond acceptors (Lipinski definition) is 5. The Labute approximate surface area is 130 Å². The topological polar surface area (TPSA) is 63.7 Å². The molecule has 0 aromatic heterocycles. The summed E-state index contributed by atoms with van der Waals surface area (Å²) in [5.41, 5.74) is 0.723. The lowest BCUT2D eigenvalue weighted by Gasteiger charge is -2.23. The minimum absolute atomic E-state index is 0.0836. The van der Waals surface area contributed by atoms with Crippen LogP contribution in [-0.2, 0) is 26.0 Å². The molecule has 7 heteroatoms. The summed E-state index contributed by atoms with van der Waals surface area (Å²) in [5, 5.41) is 0. The Morgan fingerprint density at radius 2 is 1.90 bits per heavy atom. The summed E-state index contributed by atoms with van der Waals surface area (Å²) in [7, 11) is -0.603. The quantitative estimate of drug-likeness (QED) is 0.713. The third-order valence-electron chi connectivity index (χ3n) is 3.21. The second-order valence-electron chi connectivity index (χ2n) is 4.72. The fourth-order valence-corrected chi connectivity index (χ4v) is 3.93. The lowest BCUT2D eigenvalue weighted by atomic mass is 10.2. The van der Waals surface area contributed by atoms with Crippen LogP contribution >= 0.6 is 11.8 Å². The predicted molar refractivity (Wildman–Crippen MR) is 85.0 cm³/mol. The molecular weight excluding hydrogens is 310 g/mol. The summed E-state index contributed by atoms with van der Waals surface area (Å²) in [5.74, 6) is 0.382. The highest BCUT2D eigenvalue weighted by Crippen LogP contribution is 2.19. The van der Waals surface area contributed by atoms with E-state index in [1.165, 1.54) is 23.5 Å². The number of benzene rings is 1. The van der Waals surface area contributed by atoms with Crippen LogP contribution in [0.2, 0.25) is 0 Å². The minimum Gasteiger partial charge on any atom is -0.469 e. The first kappa shape index (κ1) is 18.0. The van der Waals surface area contributed by atoms with Crippen molar-refractivity contribution < 1.29 is 17.9 Å². The number of rotatable bonds is 7. The van der Waals surface area contributed by atoms with Gasteiger partial charge in [0, 0.05) is 18.8 Å². The van der Waals surface area contributed by atoms with E-state index in [-0.39, 0.29) is 23.3 Å². The fraction of sp³-hybridized carbons (Fsp3) is 0.500. The smallest absolute Gasteiger partial charge is 0.309 e. The molecule has 1 aromatic rings. The number of hydrogen-bond donors (Lipinski definition) is 0. The molecule has 0 bridgehead atoms. The normalized spacial score (nSPS) is 13.2. The van der Waals surface area contributed by atoms with E-state index in [1.807, 2.05) is 13.2 Å². The monoisotopic (exact) mass is 331 g/mol. The molecular formula is C14H21NO4S2. The second kappa shape index (κ2) is 7.82. The highest BCUT2D eigenvalue weighted by atomic mass is 32.2. The largest absolute Gasteiger partial charge is 0.469 e. The van der Waals surface area contributed by atoms with Crippen molar-refractivity contribution in [3.05, 3.63) is 29.8 Å². The van der Waals surface area contributed by atoms with Crippen LogP contribution < -0.4 is 0 Å². The van der Waals surface area contributed by atoms with E-state index in [2.05, 4.69) is 4.74 Å². The molecule has 0 heterocycles. The van der Waals surface area contributed by atoms with Gasteiger partial charge in [-0.2, -0.15) is 16.1 Å². The van der Waals surface area contributed by atoms with Gasteiger partial charge >= 0.3 is 5.97 Å². The van der Waals surface area contributed by atoms with Gasteiger partial charge in [-0.25, -0.2) is 8.42 Å². The zero-order valence-corrected chi connectivity index (χ0v) is 14.3. The summed E-state index contributed by atoms with van der Waals surface area (Å²) >= 11 is 1.60. The van der Waals surface area contributed by atoms with E-state index >= 15 is 0 Å². The lowest BCUT2D eigenvalue weighted by Crippen LogP contribution is -2.36. The molecule has 0 aliphatic carbocycles. The fourth-order valence-electron chi connectivity index (χ4n) is 1.77. The van der Waals surface area contributed by atoms with Crippen LogP contribution in [0.15, 0.2) is 29.2 Å². The van der Waals surface area contributed by atoms with Gasteiger partial charge in [0.2, 0.25) is 10.0 Å². The number of carbonyl (C=O) groups is 1. The van der Waals surface area contributed by atoms with Crippen LogP contribution in [-0.4, -0.2) is 50.9 Å². The molecule has 0 amide bonds. The Bertz CT molecular complexity index is 569. The van der Waals surface area contributed by atoms with Crippen LogP contribution in [0, 0.1) is 0 Å². The van der Waals surface area contributed by atoms with Crippen molar-refractivity contribution in [1.29, 1.82) is 0 Å². The molecule has 0 aliphatic rings. The van der Waals surface area contributed by atoms with Crippen molar-refractivity contribution in [2.45, 2.75) is 24.3 Å². The van der Waals surface area contributed by atoms with Gasteiger partial charge in [-0.1, -0.05) is 12.1 Å². The van der Waals surface area contributed by atoms with E-state index in [0.29, 0.717) is 0 Å². The van der Waals surface area contributed by atoms with Gasteiger partial charge in [-0.05, 0) is 30.9 Å². The van der Waals surface area contributed by atoms with Crippen molar-refractivity contribution in [1.82, 2.24) is 4.31 Å². The molecule has 0 saturated carbocycles. The summed E-state index contributed by atoms with van der Waals surface area (Å²) < 4.78 is 30.9. The molecule has 1 unspecified atom stereocenters. The summed E-state index contributed by atoms with van der Waals surface area (Å²) in [6, 6.07) is 6.24. The van der Waals surface area contributed by atoms with E-state index in [0.717, 1.165) is 11.3 Å². The van der Waals surface area contributed by atoms with Gasteiger partial charge in [-0.15, -0.1) is 0 Å². The summed E-state index contributed by atoms with van der Waals surface area (Å²) in [6.45, 7) is 1.87. The van der Waals surface area contributed by atoms with Gasteiger partial charge in [0.25, 0.3) is 0 Å². The van der Waals surface area contributed by atoms with Crippen LogP contribution in [0.25, 0.3) is 0 Å². The second-order valence-corrected chi connectivity index (χ2v) is 7.63. The molecule has 0 N–H and O–H groups in total. The van der Waals surface area contributed by atoms with Gasteiger partial charge in [0.15, 0.2) is 0 Å². The van der Waals surface area contributed by atoms with E-state index in [1.54, 1.807) is 30.9 Å². The third-order valence-corrected chi connectivity index (χ3v) is 6.01. The van der Waals surface area contributed by atoms with Crippen molar-refractivity contribution in [2.75, 3.05) is 26.2 Å². The maximum absolute atomic E-state index is 12.5. The first-order chi connectivity index (χ1) is 9.82. The molecule has 5 nitrogen and oxygen atoms in total. The first-order valence-corrected chi connectivity index (χ1v) is 9.29. The first-order valence-electron chi connectivity index (χ1n) is 6.45. The Balaban J connectivity index is 2.92. The number of sulfonamides is 1. The Hall–Kier alpha value is -1.05. The average molecular weight is 331 g/mol. The Kier molecular flexibility index (Phi) is 6.70. The van der Waals surface area contributed by atoms with Crippen molar-refractivity contribution >= 4 is 27.8 Å². The number of methoxy groups -OCH3 is 1. The molecule has 0 saturated heterocycles. The SMILES string of the molecule is COC(=O)Cc1ccc(S(=O)(=O)N(C)C(C)CSC)cc1. The summed E-state index contributed by atoms with van der Waals surface area (Å²) in [6.07, 6.45) is 2.08. The van der Waals surface area contributed by atoms with Crippen LogP contribution in [0.3, 0.4) is 0 Å². The van der Waals surface area contributed by atoms with Gasteiger partial charge in [0.05, 0.1) is 18.4 Å². The molecule has 0 spiro atoms. The van der Waals surface area contributed by atoms with Crippen LogP contribution in [0.5, 0.6) is 0 Å². The van der Waals surface area contributed by atoms with E-state index < -0.39 is 10.0 Å². The molecule has 21 heavy (non-hydrogen) atoms. The third kappa shape index (κ3) is 4.72. The van der Waals surface area contributed by atoms with Crippen LogP contribution in [0.4, 0.5) is 0 Å². The number of esters is 1. The van der Waals surface area contributed by atoms with Gasteiger partial charge in [0.1, 0.15) is 0 Å². The van der Waals surface area contributed by atoms with Gasteiger partial charge in [-0.3, -0.25) is 4.79 Å². The van der Waals surface area contributed by atoms with Crippen molar-refractivity contribution in [2.24, 2.45) is 0 Å². The van der Waals surface area contributed by atoms with Crippen LogP contribution in [0.1, 0.15) is 12.5 Å². The number of ether oxygens (including phenoxy) is 1. The molecule has 0 aliphatic heterocycles. The minimum atomic E-state index is -3.51.